The molecule has 0 bridgehead atoms. The van der Waals surface area contributed by atoms with Crippen LogP contribution >= 0.6 is 27.5 Å². The highest BCUT2D eigenvalue weighted by molar-refractivity contribution is 9.10. The van der Waals surface area contributed by atoms with Gasteiger partial charge in [-0.3, -0.25) is 5.43 Å². The number of phenols is 1. The monoisotopic (exact) mass is 406 g/mol. The van der Waals surface area contributed by atoms with Crippen LogP contribution in [0.15, 0.2) is 46.0 Å². The van der Waals surface area contributed by atoms with Gasteiger partial charge < -0.3 is 9.84 Å². The van der Waals surface area contributed by atoms with Crippen LogP contribution in [-0.4, -0.2) is 28.4 Å². The number of methoxy groups -OCH3 is 1. The summed E-state index contributed by atoms with van der Waals surface area (Å²) in [7, 11) is 1.48. The van der Waals surface area contributed by atoms with Gasteiger partial charge >= 0.3 is 0 Å². The number of ether oxygens (including phenoxy) is 1. The molecule has 8 heteroatoms. The normalized spacial score (nSPS) is 11.1. The van der Waals surface area contributed by atoms with Crippen LogP contribution in [0.25, 0.3) is 11.0 Å². The molecule has 0 fully saturated rings. The van der Waals surface area contributed by atoms with E-state index in [2.05, 4.69) is 36.4 Å². The van der Waals surface area contributed by atoms with Gasteiger partial charge in [-0.2, -0.15) is 5.10 Å². The molecule has 6 nitrogen and oxygen atoms in total. The maximum atomic E-state index is 9.79. The summed E-state index contributed by atoms with van der Waals surface area (Å²) in [6, 6.07) is 10.8. The smallest absolute Gasteiger partial charge is 0.185 e. The molecule has 0 aliphatic rings. The maximum absolute atomic E-state index is 9.79. The molecule has 2 aromatic carbocycles. The third kappa shape index (κ3) is 3.42. The lowest BCUT2D eigenvalue weighted by Crippen LogP contribution is -1.97. The zero-order valence-corrected chi connectivity index (χ0v) is 14.8. The van der Waals surface area contributed by atoms with Crippen LogP contribution in [0.2, 0.25) is 5.15 Å². The standard InChI is InChI=1S/C16H12BrClN4O2/c1-24-13-7-9(6-10(17)14(13)23)8-19-22-16-15(18)20-11-4-2-3-5-12(11)21-16/h2-8,23H,1H3,(H,21,22)/b19-8+. The molecule has 122 valence electrons. The van der Waals surface area contributed by atoms with Gasteiger partial charge in [0.1, 0.15) is 0 Å². The summed E-state index contributed by atoms with van der Waals surface area (Å²) in [5, 5.41) is 14.1. The Kier molecular flexibility index (Phi) is 4.82. The summed E-state index contributed by atoms with van der Waals surface area (Å²) < 4.78 is 5.60. The molecule has 1 aromatic heterocycles. The van der Waals surface area contributed by atoms with E-state index in [9.17, 15) is 5.11 Å². The van der Waals surface area contributed by atoms with Gasteiger partial charge in [-0.1, -0.05) is 23.7 Å². The van der Waals surface area contributed by atoms with Gasteiger partial charge in [-0.05, 0) is 45.8 Å². The molecule has 0 saturated carbocycles. The molecule has 0 radical (unpaired) electrons. The molecular formula is C16H12BrClN4O2. The van der Waals surface area contributed by atoms with Gasteiger partial charge in [0, 0.05) is 0 Å². The van der Waals surface area contributed by atoms with E-state index < -0.39 is 0 Å². The Bertz CT molecular complexity index is 933. The van der Waals surface area contributed by atoms with Crippen molar-refractivity contribution in [1.29, 1.82) is 0 Å². The van der Waals surface area contributed by atoms with Crippen molar-refractivity contribution in [1.82, 2.24) is 9.97 Å². The third-order valence-electron chi connectivity index (χ3n) is 3.18. The fourth-order valence-corrected chi connectivity index (χ4v) is 2.68. The Morgan fingerprint density at radius 2 is 1.96 bits per heavy atom. The third-order valence-corrected chi connectivity index (χ3v) is 4.05. The van der Waals surface area contributed by atoms with Crippen LogP contribution in [0.3, 0.4) is 0 Å². The van der Waals surface area contributed by atoms with Crippen molar-refractivity contribution < 1.29 is 9.84 Å². The van der Waals surface area contributed by atoms with Crippen LogP contribution < -0.4 is 10.2 Å². The summed E-state index contributed by atoms with van der Waals surface area (Å²) in [6.45, 7) is 0. The number of rotatable bonds is 4. The number of nitrogens with zero attached hydrogens (tertiary/aromatic N) is 3. The predicted octanol–water partition coefficient (Wildman–Crippen LogP) is 4.21. The average molecular weight is 408 g/mol. The van der Waals surface area contributed by atoms with Crippen molar-refractivity contribution in [2.24, 2.45) is 5.10 Å². The Balaban J connectivity index is 1.84. The molecule has 0 unspecified atom stereocenters. The van der Waals surface area contributed by atoms with Crippen LogP contribution in [0.5, 0.6) is 11.5 Å². The van der Waals surface area contributed by atoms with Crippen LogP contribution in [0.4, 0.5) is 5.82 Å². The highest BCUT2D eigenvalue weighted by Crippen LogP contribution is 2.34. The van der Waals surface area contributed by atoms with Crippen molar-refractivity contribution in [3.63, 3.8) is 0 Å². The molecular weight excluding hydrogens is 396 g/mol. The molecule has 0 amide bonds. The second kappa shape index (κ2) is 7.02. The fraction of sp³-hybridized carbons (Fsp3) is 0.0625. The summed E-state index contributed by atoms with van der Waals surface area (Å²) in [4.78, 5) is 8.64. The van der Waals surface area contributed by atoms with Crippen molar-refractivity contribution in [2.75, 3.05) is 12.5 Å². The minimum atomic E-state index is 0.0334. The molecule has 0 saturated heterocycles. The Morgan fingerprint density at radius 1 is 1.25 bits per heavy atom. The van der Waals surface area contributed by atoms with Gasteiger partial charge in [0.15, 0.2) is 22.5 Å². The molecule has 0 atom stereocenters. The minimum Gasteiger partial charge on any atom is -0.503 e. The average Bonchev–Trinajstić information content (AvgIpc) is 2.58. The fourth-order valence-electron chi connectivity index (χ4n) is 2.04. The van der Waals surface area contributed by atoms with E-state index in [1.807, 2.05) is 24.3 Å². The molecule has 0 aliphatic heterocycles. The van der Waals surface area contributed by atoms with Crippen LogP contribution in [0.1, 0.15) is 5.56 Å². The van der Waals surface area contributed by atoms with E-state index in [1.54, 1.807) is 18.3 Å². The number of nitrogens with one attached hydrogen (secondary N) is 1. The van der Waals surface area contributed by atoms with E-state index in [0.29, 0.717) is 32.6 Å². The zero-order chi connectivity index (χ0) is 17.1. The van der Waals surface area contributed by atoms with E-state index >= 15 is 0 Å². The zero-order valence-electron chi connectivity index (χ0n) is 12.5. The van der Waals surface area contributed by atoms with Crippen molar-refractivity contribution in [3.8, 4) is 11.5 Å². The van der Waals surface area contributed by atoms with E-state index in [-0.39, 0.29) is 10.9 Å². The highest BCUT2D eigenvalue weighted by atomic mass is 79.9. The summed E-state index contributed by atoms with van der Waals surface area (Å²) in [5.74, 6) is 0.733. The first-order chi connectivity index (χ1) is 11.6. The van der Waals surface area contributed by atoms with E-state index in [4.69, 9.17) is 16.3 Å². The lowest BCUT2D eigenvalue weighted by molar-refractivity contribution is 0.372. The molecule has 3 aromatic rings. The first-order valence-electron chi connectivity index (χ1n) is 6.86. The van der Waals surface area contributed by atoms with Gasteiger partial charge in [-0.15, -0.1) is 0 Å². The molecule has 2 N–H and O–H groups in total. The number of para-hydroxylation sites is 2. The topological polar surface area (TPSA) is 79.6 Å². The van der Waals surface area contributed by atoms with Gasteiger partial charge in [0.2, 0.25) is 0 Å². The number of anilines is 1. The molecule has 0 aliphatic carbocycles. The van der Waals surface area contributed by atoms with Crippen molar-refractivity contribution in [2.45, 2.75) is 0 Å². The van der Waals surface area contributed by atoms with Crippen LogP contribution in [-0.2, 0) is 0 Å². The summed E-state index contributed by atoms with van der Waals surface area (Å²) in [6.07, 6.45) is 1.56. The Morgan fingerprint density at radius 3 is 2.67 bits per heavy atom. The lowest BCUT2D eigenvalue weighted by Gasteiger charge is -2.06. The predicted molar refractivity (Wildman–Crippen MR) is 98.1 cm³/mol. The van der Waals surface area contributed by atoms with Gasteiger partial charge in [0.05, 0.1) is 28.8 Å². The number of benzene rings is 2. The number of hydrazone groups is 1. The summed E-state index contributed by atoms with van der Waals surface area (Å²) >= 11 is 9.37. The van der Waals surface area contributed by atoms with E-state index in [0.717, 1.165) is 0 Å². The second-order valence-electron chi connectivity index (χ2n) is 4.78. The number of halogens is 2. The van der Waals surface area contributed by atoms with Crippen molar-refractivity contribution >= 4 is 50.6 Å². The Hall–Kier alpha value is -2.38. The summed E-state index contributed by atoms with van der Waals surface area (Å²) in [5.41, 5.74) is 4.92. The molecule has 3 rings (SSSR count). The maximum Gasteiger partial charge on any atom is 0.185 e. The first kappa shape index (κ1) is 16.5. The number of hydrogen-bond acceptors (Lipinski definition) is 6. The largest absolute Gasteiger partial charge is 0.503 e. The number of phenolic OH excluding ortho intramolecular Hbond substituents is 1. The molecule has 24 heavy (non-hydrogen) atoms. The van der Waals surface area contributed by atoms with E-state index in [1.165, 1.54) is 7.11 Å². The van der Waals surface area contributed by atoms with Crippen molar-refractivity contribution in [3.05, 3.63) is 51.6 Å². The lowest BCUT2D eigenvalue weighted by atomic mass is 10.2. The second-order valence-corrected chi connectivity index (χ2v) is 5.99. The SMILES string of the molecule is COc1cc(/C=N/Nc2nc3ccccc3nc2Cl)cc(Br)c1O. The number of aromatic nitrogens is 2. The first-order valence-corrected chi connectivity index (χ1v) is 8.03. The van der Waals surface area contributed by atoms with Gasteiger partial charge in [0.25, 0.3) is 0 Å². The highest BCUT2D eigenvalue weighted by Gasteiger charge is 2.08. The Labute approximate surface area is 151 Å². The van der Waals surface area contributed by atoms with Crippen LogP contribution in [0, 0.1) is 0 Å². The molecule has 0 spiro atoms. The van der Waals surface area contributed by atoms with Gasteiger partial charge in [-0.25, -0.2) is 9.97 Å². The minimum absolute atomic E-state index is 0.0334. The number of hydrogen-bond donors (Lipinski definition) is 2. The molecule has 1 heterocycles. The quantitative estimate of drug-likeness (QED) is 0.500. The number of aromatic hydroxyl groups is 1. The number of fused-ring (bicyclic) bond motifs is 1.